The topological polar surface area (TPSA) is 261 Å². The van der Waals surface area contributed by atoms with Crippen LogP contribution in [0.25, 0.3) is 22.2 Å². The van der Waals surface area contributed by atoms with Gasteiger partial charge in [0.1, 0.15) is 17.5 Å². The minimum Gasteiger partial charge on any atom is -0.420 e. The number of unbranched alkanes of at least 4 members (excludes halogenated alkanes) is 9. The molecule has 8 rings (SSSR count). The summed E-state index contributed by atoms with van der Waals surface area (Å²) in [7, 11) is 0. The van der Waals surface area contributed by atoms with Crippen LogP contribution in [0.2, 0.25) is 0 Å². The molecule has 2 amide bonds. The van der Waals surface area contributed by atoms with Crippen LogP contribution >= 0.6 is 0 Å². The fourth-order valence-electron chi connectivity index (χ4n) is 11.5. The van der Waals surface area contributed by atoms with Gasteiger partial charge in [0.15, 0.2) is 0 Å². The van der Waals surface area contributed by atoms with E-state index in [0.717, 1.165) is 103 Å². The Labute approximate surface area is 648 Å². The summed E-state index contributed by atoms with van der Waals surface area (Å²) >= 11 is 0. The largest absolute Gasteiger partial charge is 0.420 e. The van der Waals surface area contributed by atoms with Gasteiger partial charge < -0.3 is 62.9 Å². The number of halogens is 15. The fourth-order valence-corrected chi connectivity index (χ4v) is 11.5. The highest BCUT2D eigenvalue weighted by molar-refractivity contribution is 5.83. The number of hydrogen-bond donors (Lipinski definition) is 3. The average Bonchev–Trinajstić information content (AvgIpc) is 1.43. The zero-order chi connectivity index (χ0) is 83.3. The molecule has 0 saturated heterocycles. The number of aryl methyl sites for hydroxylation is 2. The Balaban J connectivity index is 0.706. The number of amides is 2. The van der Waals surface area contributed by atoms with Crippen molar-refractivity contribution in [3.05, 3.63) is 189 Å². The Bertz CT molecular complexity index is 4330. The third-order valence-electron chi connectivity index (χ3n) is 17.7. The van der Waals surface area contributed by atoms with Gasteiger partial charge in [-0.3, -0.25) is 33.6 Å². The van der Waals surface area contributed by atoms with E-state index < -0.39 is 205 Å². The highest BCUT2D eigenvalue weighted by atomic mass is 19.2. The molecule has 0 radical (unpaired) electrons. The number of carbonyl (C=O) groups is 5. The molecule has 0 aliphatic heterocycles. The predicted molar refractivity (Wildman–Crippen MR) is 378 cm³/mol. The third kappa shape index (κ3) is 26.0. The summed E-state index contributed by atoms with van der Waals surface area (Å²) in [6.07, 6.45) is 12.7. The van der Waals surface area contributed by atoms with Gasteiger partial charge in [-0.15, -0.1) is 0 Å². The Morgan fingerprint density at radius 1 is 0.461 bits per heavy atom. The quantitative estimate of drug-likeness (QED) is 0.00799. The number of fused-ring (bicyclic) bond motifs is 1. The summed E-state index contributed by atoms with van der Waals surface area (Å²) in [5.74, 6) is -49.4. The number of hydrogen-bond acceptors (Lipinski definition) is 18. The molecular formula is C78H82F15N7O15. The lowest BCUT2D eigenvalue weighted by Gasteiger charge is -2.34. The van der Waals surface area contributed by atoms with Crippen LogP contribution < -0.4 is 24.8 Å². The van der Waals surface area contributed by atoms with Crippen molar-refractivity contribution in [1.29, 1.82) is 0 Å². The van der Waals surface area contributed by atoms with E-state index in [1.807, 2.05) is 29.2 Å². The first-order chi connectivity index (χ1) is 55.1. The molecule has 115 heavy (non-hydrogen) atoms. The van der Waals surface area contributed by atoms with Gasteiger partial charge in [-0.05, 0) is 73.2 Å². The Morgan fingerprint density at radius 2 is 0.896 bits per heavy atom. The molecule has 0 aliphatic carbocycles. The number of carbonyl (C=O) groups excluding carboxylic acids is 5. The molecule has 0 saturated carbocycles. The van der Waals surface area contributed by atoms with Crippen molar-refractivity contribution < 1.29 is 138 Å². The molecule has 3 aromatic heterocycles. The van der Waals surface area contributed by atoms with E-state index in [0.29, 0.717) is 44.2 Å². The SMILES string of the molecule is Cc1ccc(C)c(Cn2c(C(O)c3ccncc3)nc3ccc(-c4cnn(CCOCCCCCCCCCCCCNC(=O)CCOCCOCCC(=O)NC(COCCC(=O)Oc5c(F)c(F)c(F)c(F)c5F)(COCCC(=O)Oc5c(F)c(F)c(F)c(F)c5F)COCCC(=O)Oc5c(F)c(F)c(F)c(F)c5F)c4)cc32)c1. The lowest BCUT2D eigenvalue weighted by atomic mass is 10.0. The molecule has 624 valence electrons. The smallest absolute Gasteiger partial charge is 0.313 e. The lowest BCUT2D eigenvalue weighted by molar-refractivity contribution is -0.138. The maximum Gasteiger partial charge on any atom is 0.313 e. The first-order valence-corrected chi connectivity index (χ1v) is 36.5. The molecule has 0 fully saturated rings. The highest BCUT2D eigenvalue weighted by Gasteiger charge is 2.36. The molecule has 3 heterocycles. The van der Waals surface area contributed by atoms with Crippen LogP contribution in [0.5, 0.6) is 17.2 Å². The van der Waals surface area contributed by atoms with Crippen molar-refractivity contribution in [1.82, 2.24) is 34.9 Å². The van der Waals surface area contributed by atoms with Gasteiger partial charge in [0, 0.05) is 56.7 Å². The molecule has 37 heteroatoms. The summed E-state index contributed by atoms with van der Waals surface area (Å²) in [5, 5.41) is 21.4. The van der Waals surface area contributed by atoms with Crippen LogP contribution in [0.1, 0.15) is 130 Å². The van der Waals surface area contributed by atoms with Crippen LogP contribution in [0.15, 0.2) is 73.3 Å². The number of esters is 3. The standard InChI is InChI=1S/C78H82F15N7O15/c1-45-13-14-46(2)49(37-45)41-100-52-38-48(15-16-51(52)97-77(100)73(106)47-17-25-94-26-18-47)50-39-96-99(40-50)27-34-107-28-12-10-8-6-4-3-5-7-9-11-24-95-53(101)19-29-108-35-36-109-30-20-54(102)98-78(42-110-31-21-55(103)113-74-67(88)61(82)58(79)62(83)68(74)89,43-111-32-22-56(104)114-75-69(90)63(84)59(80)64(85)70(75)91)44-112-33-23-57(105)115-76-71(92)65(86)60(81)66(87)72(76)93/h13-18,25-26,37-40,73,106H,3-12,19-24,27-36,41-44H2,1-2H3,(H,95,101)(H,98,102). The molecule has 1 unspecified atom stereocenters. The van der Waals surface area contributed by atoms with Crippen molar-refractivity contribution in [2.24, 2.45) is 0 Å². The first-order valence-electron chi connectivity index (χ1n) is 36.5. The maximum absolute atomic E-state index is 14.3. The average molecular weight is 1640 g/mol. The van der Waals surface area contributed by atoms with Crippen LogP contribution in [-0.2, 0) is 65.5 Å². The number of imidazole rings is 1. The second kappa shape index (κ2) is 44.7. The Kier molecular flexibility index (Phi) is 35.2. The second-order valence-corrected chi connectivity index (χ2v) is 26.4. The summed E-state index contributed by atoms with van der Waals surface area (Å²) in [5.41, 5.74) is 5.53. The fraction of sp³-hybridized carbons (Fsp3) is 0.436. The van der Waals surface area contributed by atoms with Crippen molar-refractivity contribution >= 4 is 40.8 Å². The van der Waals surface area contributed by atoms with Crippen molar-refractivity contribution in [2.75, 3.05) is 85.8 Å². The van der Waals surface area contributed by atoms with Gasteiger partial charge in [-0.2, -0.15) is 31.4 Å². The van der Waals surface area contributed by atoms with E-state index in [1.54, 1.807) is 24.5 Å². The van der Waals surface area contributed by atoms with Gasteiger partial charge in [-0.1, -0.05) is 81.2 Å². The van der Waals surface area contributed by atoms with Crippen LogP contribution in [0.4, 0.5) is 65.9 Å². The summed E-state index contributed by atoms with van der Waals surface area (Å²) in [4.78, 5) is 72.8. The van der Waals surface area contributed by atoms with Crippen molar-refractivity contribution in [3.8, 4) is 28.4 Å². The van der Waals surface area contributed by atoms with Crippen LogP contribution in [0, 0.1) is 101 Å². The molecule has 1 atom stereocenters. The number of rotatable bonds is 49. The monoisotopic (exact) mass is 1640 g/mol. The highest BCUT2D eigenvalue weighted by Crippen LogP contribution is 2.35. The normalized spacial score (nSPS) is 11.9. The Morgan fingerprint density at radius 3 is 1.38 bits per heavy atom. The first kappa shape index (κ1) is 90.5. The zero-order valence-corrected chi connectivity index (χ0v) is 62.3. The van der Waals surface area contributed by atoms with E-state index >= 15 is 0 Å². The lowest BCUT2D eigenvalue weighted by Crippen LogP contribution is -2.59. The summed E-state index contributed by atoms with van der Waals surface area (Å²) in [6.45, 7) is 0.752. The van der Waals surface area contributed by atoms with E-state index in [1.165, 1.54) is 0 Å². The number of aliphatic hydroxyl groups excluding tert-OH is 1. The van der Waals surface area contributed by atoms with Crippen molar-refractivity contribution in [3.63, 3.8) is 0 Å². The second-order valence-electron chi connectivity index (χ2n) is 26.4. The Hall–Kier alpha value is -10.1. The van der Waals surface area contributed by atoms with Crippen LogP contribution in [-0.4, -0.2) is 151 Å². The zero-order valence-electron chi connectivity index (χ0n) is 62.3. The minimum atomic E-state index is -2.58. The molecule has 8 aromatic rings. The van der Waals surface area contributed by atoms with Crippen molar-refractivity contribution in [2.45, 2.75) is 135 Å². The van der Waals surface area contributed by atoms with E-state index in [9.17, 15) is 94.9 Å². The molecule has 3 N–H and O–H groups in total. The number of nitrogens with zero attached hydrogens (tertiary/aromatic N) is 5. The number of ether oxygens (including phenoxy) is 9. The molecule has 0 bridgehead atoms. The number of nitrogens with one attached hydrogen (secondary N) is 2. The third-order valence-corrected chi connectivity index (χ3v) is 17.7. The number of benzene rings is 5. The summed E-state index contributed by atoms with van der Waals surface area (Å²) in [6, 6.07) is 16.0. The van der Waals surface area contributed by atoms with Gasteiger partial charge in [0.25, 0.3) is 0 Å². The van der Waals surface area contributed by atoms with Gasteiger partial charge in [-0.25, -0.2) is 44.5 Å². The van der Waals surface area contributed by atoms with Crippen LogP contribution in [0.3, 0.4) is 0 Å². The van der Waals surface area contributed by atoms with Gasteiger partial charge in [0.2, 0.25) is 116 Å². The van der Waals surface area contributed by atoms with Gasteiger partial charge >= 0.3 is 17.9 Å². The minimum absolute atomic E-state index is 0.00806. The number of pyridine rings is 1. The molecule has 0 spiro atoms. The number of aromatic nitrogens is 5. The molecular weight excluding hydrogens is 1560 g/mol. The molecule has 5 aromatic carbocycles. The van der Waals surface area contributed by atoms with E-state index in [2.05, 4.69) is 77.6 Å². The molecule has 22 nitrogen and oxygen atoms in total. The summed E-state index contributed by atoms with van der Waals surface area (Å²) < 4.78 is 260. The van der Waals surface area contributed by atoms with E-state index in [4.69, 9.17) is 33.4 Å². The number of aliphatic hydroxyl groups is 1. The molecule has 0 aliphatic rings. The predicted octanol–water partition coefficient (Wildman–Crippen LogP) is 13.9. The maximum atomic E-state index is 14.3. The van der Waals surface area contributed by atoms with E-state index in [-0.39, 0.29) is 38.8 Å². The van der Waals surface area contributed by atoms with Gasteiger partial charge in [0.05, 0.1) is 116 Å².